The van der Waals surface area contributed by atoms with Crippen molar-refractivity contribution in [3.05, 3.63) is 11.6 Å². The Morgan fingerprint density at radius 2 is 1.88 bits per heavy atom. The molecule has 0 aliphatic carbocycles. The first-order chi connectivity index (χ1) is 7.49. The third-order valence-corrected chi connectivity index (χ3v) is 2.80. The number of carbonyl (C=O) groups is 2. The molecule has 1 aliphatic rings. The summed E-state index contributed by atoms with van der Waals surface area (Å²) in [5.41, 5.74) is 0.998. The maximum absolute atomic E-state index is 11.7. The van der Waals surface area contributed by atoms with Gasteiger partial charge in [-0.05, 0) is 32.6 Å². The minimum atomic E-state index is -0.742. The number of carboxylic acid groups (broad SMARTS) is 1. The van der Waals surface area contributed by atoms with Crippen LogP contribution in [0.5, 0.6) is 0 Å². The van der Waals surface area contributed by atoms with Crippen molar-refractivity contribution < 1.29 is 14.7 Å². The van der Waals surface area contributed by atoms with E-state index < -0.39 is 5.97 Å². The highest BCUT2D eigenvalue weighted by molar-refractivity contribution is 5.88. The van der Waals surface area contributed by atoms with Crippen molar-refractivity contribution in [1.82, 2.24) is 4.90 Å². The minimum Gasteiger partial charge on any atom is -0.481 e. The number of nitrogens with zero attached hydrogens (tertiary/aromatic N) is 1. The first-order valence-electron chi connectivity index (χ1n) is 5.64. The molecule has 0 atom stereocenters. The van der Waals surface area contributed by atoms with E-state index in [0.717, 1.165) is 18.4 Å². The number of likely N-dealkylation sites (tertiary alicyclic amines) is 1. The van der Waals surface area contributed by atoms with E-state index in [4.69, 9.17) is 5.11 Å². The number of piperidine rings is 1. The molecule has 1 aliphatic heterocycles. The summed E-state index contributed by atoms with van der Waals surface area (Å²) in [6.07, 6.45) is 3.46. The second-order valence-corrected chi connectivity index (χ2v) is 4.59. The van der Waals surface area contributed by atoms with E-state index in [1.165, 1.54) is 0 Å². The molecule has 4 heteroatoms. The van der Waals surface area contributed by atoms with Crippen LogP contribution in [0.1, 0.15) is 33.1 Å². The Morgan fingerprint density at radius 1 is 1.31 bits per heavy atom. The van der Waals surface area contributed by atoms with Crippen molar-refractivity contribution in [3.63, 3.8) is 0 Å². The lowest BCUT2D eigenvalue weighted by Gasteiger charge is -2.30. The third kappa shape index (κ3) is 4.04. The van der Waals surface area contributed by atoms with Crippen molar-refractivity contribution in [2.24, 2.45) is 5.92 Å². The number of allylic oxidation sites excluding steroid dienone is 1. The second-order valence-electron chi connectivity index (χ2n) is 4.59. The SMILES string of the molecule is CC(C)=CC(=O)N1CCC(CC(=O)O)CC1. The van der Waals surface area contributed by atoms with Crippen LogP contribution in [0.4, 0.5) is 0 Å². The lowest BCUT2D eigenvalue weighted by molar-refractivity contribution is -0.138. The summed E-state index contributed by atoms with van der Waals surface area (Å²) in [5, 5.41) is 8.67. The molecule has 0 bridgehead atoms. The zero-order valence-electron chi connectivity index (χ0n) is 9.90. The Balaban J connectivity index is 2.40. The predicted molar refractivity (Wildman–Crippen MR) is 61.0 cm³/mol. The highest BCUT2D eigenvalue weighted by atomic mass is 16.4. The van der Waals surface area contributed by atoms with Gasteiger partial charge < -0.3 is 10.0 Å². The highest BCUT2D eigenvalue weighted by Gasteiger charge is 2.23. The van der Waals surface area contributed by atoms with Gasteiger partial charge in [0, 0.05) is 25.6 Å². The standard InChI is InChI=1S/C12H19NO3/c1-9(2)7-11(14)13-5-3-10(4-6-13)8-12(15)16/h7,10H,3-6,8H2,1-2H3,(H,15,16). The molecule has 0 unspecified atom stereocenters. The van der Waals surface area contributed by atoms with Gasteiger partial charge in [-0.3, -0.25) is 9.59 Å². The fraction of sp³-hybridized carbons (Fsp3) is 0.667. The van der Waals surface area contributed by atoms with E-state index >= 15 is 0 Å². The topological polar surface area (TPSA) is 57.6 Å². The zero-order chi connectivity index (χ0) is 12.1. The normalized spacial score (nSPS) is 17.0. The number of aliphatic carboxylic acids is 1. The van der Waals surface area contributed by atoms with Gasteiger partial charge in [-0.2, -0.15) is 0 Å². The van der Waals surface area contributed by atoms with Gasteiger partial charge in [0.15, 0.2) is 0 Å². The van der Waals surface area contributed by atoms with Crippen LogP contribution in [0.25, 0.3) is 0 Å². The van der Waals surface area contributed by atoms with Gasteiger partial charge in [0.05, 0.1) is 0 Å². The average Bonchev–Trinajstić information content (AvgIpc) is 2.16. The number of carboxylic acids is 1. The van der Waals surface area contributed by atoms with E-state index in [-0.39, 0.29) is 18.2 Å². The van der Waals surface area contributed by atoms with E-state index in [9.17, 15) is 9.59 Å². The predicted octanol–water partition coefficient (Wildman–Crippen LogP) is 1.67. The Labute approximate surface area is 95.9 Å². The molecule has 4 nitrogen and oxygen atoms in total. The molecule has 90 valence electrons. The van der Waals surface area contributed by atoms with Crippen molar-refractivity contribution >= 4 is 11.9 Å². The number of hydrogen-bond donors (Lipinski definition) is 1. The summed E-state index contributed by atoms with van der Waals surface area (Å²) in [7, 11) is 0. The first-order valence-corrected chi connectivity index (χ1v) is 5.64. The molecule has 0 aromatic carbocycles. The maximum Gasteiger partial charge on any atom is 0.303 e. The smallest absolute Gasteiger partial charge is 0.303 e. The largest absolute Gasteiger partial charge is 0.481 e. The van der Waals surface area contributed by atoms with Gasteiger partial charge in [-0.1, -0.05) is 5.57 Å². The van der Waals surface area contributed by atoms with Gasteiger partial charge in [0.25, 0.3) is 0 Å². The highest BCUT2D eigenvalue weighted by Crippen LogP contribution is 2.20. The summed E-state index contributed by atoms with van der Waals surface area (Å²) in [6.45, 7) is 5.16. The summed E-state index contributed by atoms with van der Waals surface area (Å²) in [4.78, 5) is 24.0. The van der Waals surface area contributed by atoms with Gasteiger partial charge in [-0.25, -0.2) is 0 Å². The summed E-state index contributed by atoms with van der Waals surface area (Å²) < 4.78 is 0. The first kappa shape index (κ1) is 12.7. The fourth-order valence-corrected chi connectivity index (χ4v) is 1.94. The van der Waals surface area contributed by atoms with Gasteiger partial charge in [0.1, 0.15) is 0 Å². The molecule has 0 aromatic heterocycles. The maximum atomic E-state index is 11.7. The van der Waals surface area contributed by atoms with Crippen LogP contribution >= 0.6 is 0 Å². The van der Waals surface area contributed by atoms with E-state index in [2.05, 4.69) is 0 Å². The van der Waals surface area contributed by atoms with E-state index in [0.29, 0.717) is 13.1 Å². The molecule has 1 rings (SSSR count). The minimum absolute atomic E-state index is 0.0498. The quantitative estimate of drug-likeness (QED) is 0.743. The Morgan fingerprint density at radius 3 is 2.31 bits per heavy atom. The molecule has 1 amide bonds. The Hall–Kier alpha value is -1.32. The molecule has 1 saturated heterocycles. The molecule has 16 heavy (non-hydrogen) atoms. The monoisotopic (exact) mass is 225 g/mol. The second kappa shape index (κ2) is 5.68. The van der Waals surface area contributed by atoms with E-state index in [1.54, 1.807) is 11.0 Å². The van der Waals surface area contributed by atoms with Crippen molar-refractivity contribution in [3.8, 4) is 0 Å². The van der Waals surface area contributed by atoms with Crippen LogP contribution in [0.3, 0.4) is 0 Å². The van der Waals surface area contributed by atoms with Crippen LogP contribution < -0.4 is 0 Å². The van der Waals surface area contributed by atoms with Crippen LogP contribution in [-0.4, -0.2) is 35.0 Å². The lowest BCUT2D eigenvalue weighted by atomic mass is 9.93. The fourth-order valence-electron chi connectivity index (χ4n) is 1.94. The molecular formula is C12H19NO3. The average molecular weight is 225 g/mol. The number of rotatable bonds is 3. The van der Waals surface area contributed by atoms with Crippen LogP contribution in [0, 0.1) is 5.92 Å². The van der Waals surface area contributed by atoms with Gasteiger partial charge in [0.2, 0.25) is 5.91 Å². The Kier molecular flexibility index (Phi) is 4.52. The molecule has 0 spiro atoms. The van der Waals surface area contributed by atoms with Crippen molar-refractivity contribution in [2.45, 2.75) is 33.1 Å². The molecule has 0 radical (unpaired) electrons. The van der Waals surface area contributed by atoms with Crippen LogP contribution in [-0.2, 0) is 9.59 Å². The van der Waals surface area contributed by atoms with Gasteiger partial charge >= 0.3 is 5.97 Å². The molecule has 1 fully saturated rings. The number of hydrogen-bond acceptors (Lipinski definition) is 2. The molecular weight excluding hydrogens is 206 g/mol. The molecule has 1 N–H and O–H groups in total. The van der Waals surface area contributed by atoms with Crippen LogP contribution in [0.15, 0.2) is 11.6 Å². The summed E-state index contributed by atoms with van der Waals surface area (Å²) >= 11 is 0. The van der Waals surface area contributed by atoms with Crippen molar-refractivity contribution in [1.29, 1.82) is 0 Å². The molecule has 1 heterocycles. The molecule has 0 aromatic rings. The lowest BCUT2D eigenvalue weighted by Crippen LogP contribution is -2.38. The summed E-state index contributed by atoms with van der Waals surface area (Å²) in [5.74, 6) is -0.462. The van der Waals surface area contributed by atoms with Gasteiger partial charge in [-0.15, -0.1) is 0 Å². The van der Waals surface area contributed by atoms with E-state index in [1.807, 2.05) is 13.8 Å². The third-order valence-electron chi connectivity index (χ3n) is 2.80. The Bertz CT molecular complexity index is 297. The molecule has 0 saturated carbocycles. The summed E-state index contributed by atoms with van der Waals surface area (Å²) in [6, 6.07) is 0. The number of amides is 1. The van der Waals surface area contributed by atoms with Crippen molar-refractivity contribution in [2.75, 3.05) is 13.1 Å². The van der Waals surface area contributed by atoms with Crippen LogP contribution in [0.2, 0.25) is 0 Å². The zero-order valence-corrected chi connectivity index (χ0v) is 9.90. The number of carbonyl (C=O) groups excluding carboxylic acids is 1.